The molecule has 0 unspecified atom stereocenters. The van der Waals surface area contributed by atoms with E-state index in [9.17, 15) is 4.79 Å². The van der Waals surface area contributed by atoms with E-state index in [1.165, 1.54) is 12.6 Å². The fourth-order valence-electron chi connectivity index (χ4n) is 2.87. The fourth-order valence-corrected chi connectivity index (χ4v) is 3.07. The van der Waals surface area contributed by atoms with Gasteiger partial charge < -0.3 is 10.6 Å². The highest BCUT2D eigenvalue weighted by Gasteiger charge is 2.25. The monoisotopic (exact) mass is 372 g/mol. The zero-order valence-electron chi connectivity index (χ0n) is 15.0. The van der Waals surface area contributed by atoms with E-state index in [2.05, 4.69) is 28.9 Å². The molecule has 0 radical (unpaired) electrons. The van der Waals surface area contributed by atoms with Crippen molar-refractivity contribution in [3.8, 4) is 11.3 Å². The van der Waals surface area contributed by atoms with Crippen molar-refractivity contribution in [2.24, 2.45) is 0 Å². The zero-order chi connectivity index (χ0) is 18.8. The maximum atomic E-state index is 11.6. The first-order valence-corrected chi connectivity index (χ1v) is 8.86. The number of aromatic nitrogens is 4. The Hall–Kier alpha value is -2.67. The number of fused-ring (bicyclic) bond motifs is 3. The Morgan fingerprint density at radius 1 is 1.27 bits per heavy atom. The zero-order valence-corrected chi connectivity index (χ0v) is 15.8. The van der Waals surface area contributed by atoms with E-state index in [4.69, 9.17) is 17.3 Å². The SMILES string of the molecule is CC(=O)N1Cc2ccc3c(-c4nc(N)ncc4Cl)cnn3c2C1.CCC. The van der Waals surface area contributed by atoms with Crippen LogP contribution in [0.5, 0.6) is 0 Å². The summed E-state index contributed by atoms with van der Waals surface area (Å²) in [5.41, 5.74) is 9.97. The average molecular weight is 373 g/mol. The summed E-state index contributed by atoms with van der Waals surface area (Å²) in [6.45, 7) is 6.97. The van der Waals surface area contributed by atoms with Gasteiger partial charge in [-0.05, 0) is 11.6 Å². The summed E-state index contributed by atoms with van der Waals surface area (Å²) in [5, 5.41) is 4.87. The van der Waals surface area contributed by atoms with Crippen LogP contribution < -0.4 is 5.73 Å². The van der Waals surface area contributed by atoms with Crippen LogP contribution in [0.3, 0.4) is 0 Å². The summed E-state index contributed by atoms with van der Waals surface area (Å²) in [6.07, 6.45) is 4.44. The van der Waals surface area contributed by atoms with Gasteiger partial charge in [0.15, 0.2) is 0 Å². The minimum Gasteiger partial charge on any atom is -0.368 e. The first-order valence-electron chi connectivity index (χ1n) is 8.48. The van der Waals surface area contributed by atoms with E-state index >= 15 is 0 Å². The number of nitrogens with two attached hydrogens (primary N) is 1. The second-order valence-corrected chi connectivity index (χ2v) is 6.57. The molecule has 1 aliphatic heterocycles. The van der Waals surface area contributed by atoms with E-state index in [1.54, 1.807) is 18.0 Å². The van der Waals surface area contributed by atoms with Crippen LogP contribution in [0.25, 0.3) is 16.8 Å². The summed E-state index contributed by atoms with van der Waals surface area (Å²) < 4.78 is 1.84. The van der Waals surface area contributed by atoms with Gasteiger partial charge in [0, 0.05) is 19.0 Å². The largest absolute Gasteiger partial charge is 0.368 e. The van der Waals surface area contributed by atoms with E-state index in [1.807, 2.05) is 16.6 Å². The third-order valence-corrected chi connectivity index (χ3v) is 4.32. The summed E-state index contributed by atoms with van der Waals surface area (Å²) in [5.74, 6) is 0.209. The number of anilines is 1. The number of nitrogens with zero attached hydrogens (tertiary/aromatic N) is 5. The molecule has 4 rings (SSSR count). The van der Waals surface area contributed by atoms with Gasteiger partial charge >= 0.3 is 0 Å². The Balaban J connectivity index is 0.000000613. The van der Waals surface area contributed by atoms with Crippen molar-refractivity contribution < 1.29 is 4.79 Å². The Bertz CT molecular complexity index is 968. The Morgan fingerprint density at radius 3 is 2.69 bits per heavy atom. The van der Waals surface area contributed by atoms with Crippen LogP contribution in [0.15, 0.2) is 24.5 Å². The lowest BCUT2D eigenvalue weighted by Crippen LogP contribution is -2.22. The molecule has 1 amide bonds. The minimum absolute atomic E-state index is 0.0494. The van der Waals surface area contributed by atoms with Crippen molar-refractivity contribution in [3.63, 3.8) is 0 Å². The standard InChI is InChI=1S/C15H13ClN6O.C3H8/c1-8(23)21-6-9-2-3-12-10(4-19-22(12)13(9)7-21)14-11(16)5-18-15(17)20-14;1-3-2/h2-5H,6-7H2,1H3,(H2,17,18,20);3H2,1-2H3. The lowest BCUT2D eigenvalue weighted by atomic mass is 10.1. The molecule has 7 nitrogen and oxygen atoms in total. The average Bonchev–Trinajstić information content (AvgIpc) is 3.21. The number of nitrogen functional groups attached to an aromatic ring is 1. The first kappa shape index (κ1) is 18.1. The van der Waals surface area contributed by atoms with E-state index in [0.717, 1.165) is 22.3 Å². The van der Waals surface area contributed by atoms with Gasteiger partial charge in [0.25, 0.3) is 0 Å². The second kappa shape index (κ2) is 7.29. The molecule has 0 aliphatic carbocycles. The van der Waals surface area contributed by atoms with Gasteiger partial charge in [0.2, 0.25) is 11.9 Å². The maximum absolute atomic E-state index is 11.6. The Labute approximate surface area is 156 Å². The highest BCUT2D eigenvalue weighted by molar-refractivity contribution is 6.33. The smallest absolute Gasteiger partial charge is 0.220 e. The van der Waals surface area contributed by atoms with Crippen molar-refractivity contribution in [1.29, 1.82) is 0 Å². The van der Waals surface area contributed by atoms with Crippen LogP contribution in [0.1, 0.15) is 38.4 Å². The van der Waals surface area contributed by atoms with Gasteiger partial charge in [0.05, 0.1) is 40.9 Å². The van der Waals surface area contributed by atoms with Crippen molar-refractivity contribution >= 4 is 29.0 Å². The van der Waals surface area contributed by atoms with E-state index in [-0.39, 0.29) is 11.9 Å². The number of hydrogen-bond acceptors (Lipinski definition) is 5. The van der Waals surface area contributed by atoms with Crippen molar-refractivity contribution in [1.82, 2.24) is 24.5 Å². The highest BCUT2D eigenvalue weighted by atomic mass is 35.5. The lowest BCUT2D eigenvalue weighted by molar-refractivity contribution is -0.129. The van der Waals surface area contributed by atoms with E-state index < -0.39 is 0 Å². The van der Waals surface area contributed by atoms with Gasteiger partial charge in [-0.2, -0.15) is 5.10 Å². The fraction of sp³-hybridized carbons (Fsp3) is 0.333. The normalized spacial score (nSPS) is 12.7. The Morgan fingerprint density at radius 2 is 2.00 bits per heavy atom. The summed E-state index contributed by atoms with van der Waals surface area (Å²) in [7, 11) is 0. The van der Waals surface area contributed by atoms with Crippen LogP contribution >= 0.6 is 11.6 Å². The minimum atomic E-state index is 0.0494. The van der Waals surface area contributed by atoms with Gasteiger partial charge in [-0.3, -0.25) is 4.79 Å². The van der Waals surface area contributed by atoms with Crippen LogP contribution in [0.2, 0.25) is 5.02 Å². The molecule has 0 saturated carbocycles. The molecule has 0 bridgehead atoms. The molecule has 1 aliphatic rings. The maximum Gasteiger partial charge on any atom is 0.220 e. The molecular formula is C18H21ClN6O. The van der Waals surface area contributed by atoms with Crippen LogP contribution in [-0.2, 0) is 17.9 Å². The number of carbonyl (C=O) groups excluding carboxylic acids is 1. The number of halogens is 1. The summed E-state index contributed by atoms with van der Waals surface area (Å²) in [4.78, 5) is 21.5. The summed E-state index contributed by atoms with van der Waals surface area (Å²) in [6, 6.07) is 3.97. The molecule has 3 aromatic heterocycles. The topological polar surface area (TPSA) is 89.4 Å². The van der Waals surface area contributed by atoms with E-state index in [0.29, 0.717) is 23.8 Å². The molecule has 136 valence electrons. The molecule has 0 fully saturated rings. The molecule has 3 aromatic rings. The van der Waals surface area contributed by atoms with Crippen LogP contribution in [0, 0.1) is 0 Å². The van der Waals surface area contributed by atoms with Gasteiger partial charge in [-0.25, -0.2) is 14.5 Å². The quantitative estimate of drug-likeness (QED) is 0.707. The molecule has 2 N–H and O–H groups in total. The number of hydrogen-bond donors (Lipinski definition) is 1. The predicted molar refractivity (Wildman–Crippen MR) is 102 cm³/mol. The second-order valence-electron chi connectivity index (χ2n) is 6.17. The number of amides is 1. The van der Waals surface area contributed by atoms with Gasteiger partial charge in [-0.1, -0.05) is 37.9 Å². The molecule has 0 aromatic carbocycles. The molecule has 26 heavy (non-hydrogen) atoms. The predicted octanol–water partition coefficient (Wildman–Crippen LogP) is 3.31. The number of carbonyl (C=O) groups is 1. The van der Waals surface area contributed by atoms with Crippen LogP contribution in [-0.4, -0.2) is 30.4 Å². The highest BCUT2D eigenvalue weighted by Crippen LogP contribution is 2.32. The lowest BCUT2D eigenvalue weighted by Gasteiger charge is -2.10. The molecule has 0 atom stereocenters. The van der Waals surface area contributed by atoms with Crippen molar-refractivity contribution in [3.05, 3.63) is 40.8 Å². The first-order chi connectivity index (χ1) is 12.5. The van der Waals surface area contributed by atoms with Gasteiger partial charge in [-0.15, -0.1) is 0 Å². The molecule has 0 saturated heterocycles. The van der Waals surface area contributed by atoms with Crippen molar-refractivity contribution in [2.75, 3.05) is 5.73 Å². The van der Waals surface area contributed by atoms with Gasteiger partial charge in [0.1, 0.15) is 0 Å². The number of pyridine rings is 1. The Kier molecular flexibility index (Phi) is 5.08. The van der Waals surface area contributed by atoms with Crippen molar-refractivity contribution in [2.45, 2.75) is 40.3 Å². The molecule has 4 heterocycles. The number of rotatable bonds is 1. The third-order valence-electron chi connectivity index (χ3n) is 4.04. The summed E-state index contributed by atoms with van der Waals surface area (Å²) >= 11 is 6.20. The molecule has 0 spiro atoms. The molecule has 8 heteroatoms. The van der Waals surface area contributed by atoms with Crippen LogP contribution in [0.4, 0.5) is 5.95 Å². The molecular weight excluding hydrogens is 352 g/mol. The third kappa shape index (κ3) is 3.22.